The number of rotatable bonds is 3. The molecule has 1 aromatic heterocycles. The maximum atomic E-state index is 9.15. The summed E-state index contributed by atoms with van der Waals surface area (Å²) in [6.07, 6.45) is 4.20. The smallest absolute Gasteiger partial charge is 0.0521 e. The summed E-state index contributed by atoms with van der Waals surface area (Å²) in [4.78, 5) is 2.40. The zero-order valence-electron chi connectivity index (χ0n) is 9.26. The van der Waals surface area contributed by atoms with Gasteiger partial charge in [-0.1, -0.05) is 0 Å². The molecule has 1 N–H and O–H groups in total. The van der Waals surface area contributed by atoms with Gasteiger partial charge in [0.1, 0.15) is 0 Å². The number of aromatic nitrogens is 2. The summed E-state index contributed by atoms with van der Waals surface area (Å²) in [6, 6.07) is 2.06. The first-order chi connectivity index (χ1) is 7.29. The van der Waals surface area contributed by atoms with E-state index >= 15 is 0 Å². The Morgan fingerprint density at radius 2 is 2.47 bits per heavy atom. The van der Waals surface area contributed by atoms with Gasteiger partial charge < -0.3 is 5.11 Å². The van der Waals surface area contributed by atoms with Gasteiger partial charge in [0.15, 0.2) is 0 Å². The van der Waals surface area contributed by atoms with Crippen LogP contribution in [0.5, 0.6) is 0 Å². The Bertz CT molecular complexity index is 311. The third-order valence-corrected chi connectivity index (χ3v) is 3.17. The average molecular weight is 209 g/mol. The largest absolute Gasteiger partial charge is 0.396 e. The maximum Gasteiger partial charge on any atom is 0.0521 e. The van der Waals surface area contributed by atoms with Gasteiger partial charge in [0.2, 0.25) is 0 Å². The number of aryl methyl sites for hydroxylation is 1. The molecule has 1 aromatic rings. The van der Waals surface area contributed by atoms with E-state index in [1.165, 1.54) is 18.5 Å². The molecule has 0 aromatic carbocycles. The van der Waals surface area contributed by atoms with Gasteiger partial charge in [0, 0.05) is 32.9 Å². The lowest BCUT2D eigenvalue weighted by Crippen LogP contribution is -2.36. The number of nitrogens with zero attached hydrogens (tertiary/aromatic N) is 3. The lowest BCUT2D eigenvalue weighted by Gasteiger charge is -2.31. The number of hydrogen-bond donors (Lipinski definition) is 1. The van der Waals surface area contributed by atoms with Crippen molar-refractivity contribution in [3.63, 3.8) is 0 Å². The van der Waals surface area contributed by atoms with Crippen molar-refractivity contribution >= 4 is 0 Å². The van der Waals surface area contributed by atoms with Crippen LogP contribution in [-0.2, 0) is 13.6 Å². The van der Waals surface area contributed by atoms with Crippen LogP contribution in [0.1, 0.15) is 18.5 Å². The molecule has 0 radical (unpaired) electrons. The monoisotopic (exact) mass is 209 g/mol. The molecule has 1 fully saturated rings. The highest BCUT2D eigenvalue weighted by Crippen LogP contribution is 2.17. The highest BCUT2D eigenvalue weighted by atomic mass is 16.3. The standard InChI is InChI=1S/C11H19N3O/c1-13-11(4-5-12-13)8-14-6-2-3-10(7-14)9-15/h4-5,10,15H,2-3,6-9H2,1H3/t10-/m1/s1. The Morgan fingerprint density at radius 3 is 3.13 bits per heavy atom. The van der Waals surface area contributed by atoms with Crippen LogP contribution in [0, 0.1) is 5.92 Å². The second-order valence-corrected chi connectivity index (χ2v) is 4.37. The minimum absolute atomic E-state index is 0.321. The molecule has 0 bridgehead atoms. The summed E-state index contributed by atoms with van der Waals surface area (Å²) in [7, 11) is 1.98. The van der Waals surface area contributed by atoms with E-state index in [1.54, 1.807) is 0 Å². The van der Waals surface area contributed by atoms with Gasteiger partial charge in [0.05, 0.1) is 5.69 Å². The summed E-state index contributed by atoms with van der Waals surface area (Å²) in [5.74, 6) is 0.465. The Morgan fingerprint density at radius 1 is 1.60 bits per heavy atom. The van der Waals surface area contributed by atoms with Gasteiger partial charge in [-0.05, 0) is 31.4 Å². The molecule has 1 aliphatic rings. The van der Waals surface area contributed by atoms with Crippen molar-refractivity contribution in [2.75, 3.05) is 19.7 Å². The second-order valence-electron chi connectivity index (χ2n) is 4.37. The third-order valence-electron chi connectivity index (χ3n) is 3.17. The van der Waals surface area contributed by atoms with Crippen LogP contribution in [0.15, 0.2) is 12.3 Å². The first kappa shape index (κ1) is 10.6. The normalized spacial score (nSPS) is 23.2. The van der Waals surface area contributed by atoms with Gasteiger partial charge in [-0.15, -0.1) is 0 Å². The molecule has 0 aliphatic carbocycles. The highest BCUT2D eigenvalue weighted by molar-refractivity contribution is 5.00. The lowest BCUT2D eigenvalue weighted by atomic mass is 9.99. The van der Waals surface area contributed by atoms with Crippen LogP contribution < -0.4 is 0 Å². The van der Waals surface area contributed by atoms with Crippen molar-refractivity contribution in [1.29, 1.82) is 0 Å². The zero-order chi connectivity index (χ0) is 10.7. The van der Waals surface area contributed by atoms with Crippen molar-refractivity contribution < 1.29 is 5.11 Å². The summed E-state index contributed by atoms with van der Waals surface area (Å²) in [6.45, 7) is 3.43. The Hall–Kier alpha value is -0.870. The van der Waals surface area contributed by atoms with Crippen LogP contribution >= 0.6 is 0 Å². The summed E-state index contributed by atoms with van der Waals surface area (Å²) >= 11 is 0. The molecule has 2 rings (SSSR count). The fraction of sp³-hybridized carbons (Fsp3) is 0.727. The topological polar surface area (TPSA) is 41.3 Å². The molecular weight excluding hydrogens is 190 g/mol. The van der Waals surface area contributed by atoms with Crippen LogP contribution in [0.4, 0.5) is 0 Å². The number of hydrogen-bond acceptors (Lipinski definition) is 3. The van der Waals surface area contributed by atoms with Gasteiger partial charge in [-0.25, -0.2) is 0 Å². The zero-order valence-corrected chi connectivity index (χ0v) is 9.26. The van der Waals surface area contributed by atoms with Gasteiger partial charge >= 0.3 is 0 Å². The van der Waals surface area contributed by atoms with Crippen molar-refractivity contribution in [3.8, 4) is 0 Å². The first-order valence-electron chi connectivity index (χ1n) is 5.59. The summed E-state index contributed by atoms with van der Waals surface area (Å²) < 4.78 is 1.92. The SMILES string of the molecule is Cn1nccc1CN1CCC[C@@H](CO)C1. The number of aliphatic hydroxyl groups excluding tert-OH is 1. The minimum Gasteiger partial charge on any atom is -0.396 e. The van der Waals surface area contributed by atoms with Crippen LogP contribution in [0.3, 0.4) is 0 Å². The van der Waals surface area contributed by atoms with Gasteiger partial charge in [0.25, 0.3) is 0 Å². The molecule has 1 aliphatic heterocycles. The Balaban J connectivity index is 1.92. The maximum absolute atomic E-state index is 9.15. The average Bonchev–Trinajstić information content (AvgIpc) is 2.65. The van der Waals surface area contributed by atoms with E-state index in [0.717, 1.165) is 19.6 Å². The molecule has 0 spiro atoms. The molecule has 0 unspecified atom stereocenters. The van der Waals surface area contributed by atoms with E-state index in [0.29, 0.717) is 12.5 Å². The summed E-state index contributed by atoms with van der Waals surface area (Å²) in [5, 5.41) is 13.3. The molecule has 1 atom stereocenters. The molecule has 2 heterocycles. The van der Waals surface area contributed by atoms with Crippen molar-refractivity contribution in [2.24, 2.45) is 13.0 Å². The van der Waals surface area contributed by atoms with E-state index in [-0.39, 0.29) is 0 Å². The van der Waals surface area contributed by atoms with E-state index in [4.69, 9.17) is 5.11 Å². The molecule has 4 heteroatoms. The van der Waals surface area contributed by atoms with E-state index in [2.05, 4.69) is 16.1 Å². The van der Waals surface area contributed by atoms with Gasteiger partial charge in [-0.3, -0.25) is 9.58 Å². The number of likely N-dealkylation sites (tertiary alicyclic amines) is 1. The van der Waals surface area contributed by atoms with Crippen molar-refractivity contribution in [3.05, 3.63) is 18.0 Å². The minimum atomic E-state index is 0.321. The van der Waals surface area contributed by atoms with Crippen LogP contribution in [0.25, 0.3) is 0 Å². The highest BCUT2D eigenvalue weighted by Gasteiger charge is 2.19. The fourth-order valence-electron chi connectivity index (χ4n) is 2.23. The molecule has 0 saturated carbocycles. The quantitative estimate of drug-likeness (QED) is 0.793. The number of aliphatic hydroxyl groups is 1. The molecule has 1 saturated heterocycles. The molecule has 0 amide bonds. The fourth-order valence-corrected chi connectivity index (χ4v) is 2.23. The summed E-state index contributed by atoms with van der Waals surface area (Å²) in [5.41, 5.74) is 1.24. The predicted molar refractivity (Wildman–Crippen MR) is 58.3 cm³/mol. The van der Waals surface area contributed by atoms with E-state index in [1.807, 2.05) is 17.9 Å². The van der Waals surface area contributed by atoms with Crippen molar-refractivity contribution in [1.82, 2.24) is 14.7 Å². The van der Waals surface area contributed by atoms with Crippen LogP contribution in [-0.4, -0.2) is 39.5 Å². The predicted octanol–water partition coefficient (Wildman–Crippen LogP) is 0.624. The lowest BCUT2D eigenvalue weighted by molar-refractivity contribution is 0.114. The second kappa shape index (κ2) is 4.77. The van der Waals surface area contributed by atoms with Crippen LogP contribution in [0.2, 0.25) is 0 Å². The molecular formula is C11H19N3O. The number of piperidine rings is 1. The molecule has 4 nitrogen and oxygen atoms in total. The van der Waals surface area contributed by atoms with E-state index in [9.17, 15) is 0 Å². The van der Waals surface area contributed by atoms with Crippen molar-refractivity contribution in [2.45, 2.75) is 19.4 Å². The molecule has 84 valence electrons. The first-order valence-corrected chi connectivity index (χ1v) is 5.59. The van der Waals surface area contributed by atoms with Gasteiger partial charge in [-0.2, -0.15) is 5.10 Å². The Kier molecular flexibility index (Phi) is 3.38. The Labute approximate surface area is 90.5 Å². The molecule has 15 heavy (non-hydrogen) atoms. The third kappa shape index (κ3) is 2.58. The van der Waals surface area contributed by atoms with E-state index < -0.39 is 0 Å².